The van der Waals surface area contributed by atoms with Crippen LogP contribution in [0.2, 0.25) is 0 Å². The summed E-state index contributed by atoms with van der Waals surface area (Å²) in [5.41, 5.74) is 0. The van der Waals surface area contributed by atoms with E-state index in [0.29, 0.717) is 18.9 Å². The van der Waals surface area contributed by atoms with Crippen LogP contribution in [0.5, 0.6) is 0 Å². The second-order valence-electron chi connectivity index (χ2n) is 3.67. The van der Waals surface area contributed by atoms with Gasteiger partial charge in [0.25, 0.3) is 0 Å². The van der Waals surface area contributed by atoms with Crippen molar-refractivity contribution in [2.24, 2.45) is 5.92 Å². The van der Waals surface area contributed by atoms with E-state index in [4.69, 9.17) is 9.84 Å². The normalized spacial score (nSPS) is 13.2. The monoisotopic (exact) mass is 188 g/mol. The van der Waals surface area contributed by atoms with Crippen molar-refractivity contribution in [3.63, 3.8) is 0 Å². The van der Waals surface area contributed by atoms with E-state index in [2.05, 4.69) is 13.8 Å². The van der Waals surface area contributed by atoms with Crippen molar-refractivity contribution in [2.45, 2.75) is 46.1 Å². The van der Waals surface area contributed by atoms with Crippen LogP contribution in [0.4, 0.5) is 0 Å². The van der Waals surface area contributed by atoms with Gasteiger partial charge >= 0.3 is 5.97 Å². The van der Waals surface area contributed by atoms with Gasteiger partial charge in [0.2, 0.25) is 0 Å². The fourth-order valence-corrected chi connectivity index (χ4v) is 0.986. The molecular formula is C10H20O3. The quantitative estimate of drug-likeness (QED) is 0.666. The minimum absolute atomic E-state index is 0.550. The first kappa shape index (κ1) is 12.4. The summed E-state index contributed by atoms with van der Waals surface area (Å²) in [5, 5.41) is 8.74. The van der Waals surface area contributed by atoms with Crippen molar-refractivity contribution in [1.82, 2.24) is 0 Å². The molecule has 0 aromatic heterocycles. The van der Waals surface area contributed by atoms with Gasteiger partial charge in [-0.3, -0.25) is 0 Å². The van der Waals surface area contributed by atoms with Crippen LogP contribution in [0, 0.1) is 5.92 Å². The predicted molar refractivity (Wildman–Crippen MR) is 51.7 cm³/mol. The Morgan fingerprint density at radius 2 is 2.00 bits per heavy atom. The summed E-state index contributed by atoms with van der Waals surface area (Å²) in [6.07, 6.45) is 1.77. The van der Waals surface area contributed by atoms with Gasteiger partial charge in [-0.15, -0.1) is 0 Å². The Bertz CT molecular complexity index is 143. The topological polar surface area (TPSA) is 46.5 Å². The van der Waals surface area contributed by atoms with Gasteiger partial charge in [-0.25, -0.2) is 4.79 Å². The highest BCUT2D eigenvalue weighted by Gasteiger charge is 2.16. The third-order valence-corrected chi connectivity index (χ3v) is 1.84. The molecule has 0 fully saturated rings. The Labute approximate surface area is 80.1 Å². The molecule has 1 atom stereocenters. The molecule has 0 aliphatic carbocycles. The summed E-state index contributed by atoms with van der Waals surface area (Å²) in [6, 6.07) is 0. The average Bonchev–Trinajstić information content (AvgIpc) is 2.02. The van der Waals surface area contributed by atoms with E-state index >= 15 is 0 Å². The van der Waals surface area contributed by atoms with Gasteiger partial charge in [-0.05, 0) is 18.8 Å². The van der Waals surface area contributed by atoms with Gasteiger partial charge in [0.15, 0.2) is 6.10 Å². The predicted octanol–water partition coefficient (Wildman–Crippen LogP) is 2.30. The molecule has 0 amide bonds. The van der Waals surface area contributed by atoms with E-state index in [-0.39, 0.29) is 0 Å². The average molecular weight is 188 g/mol. The van der Waals surface area contributed by atoms with Crippen molar-refractivity contribution >= 4 is 5.97 Å². The molecule has 0 aliphatic heterocycles. The molecule has 0 radical (unpaired) electrons. The number of carboxylic acid groups (broad SMARTS) is 1. The zero-order chi connectivity index (χ0) is 10.3. The lowest BCUT2D eigenvalue weighted by Crippen LogP contribution is -2.24. The summed E-state index contributed by atoms with van der Waals surface area (Å²) >= 11 is 0. The summed E-state index contributed by atoms with van der Waals surface area (Å²) in [7, 11) is 0. The van der Waals surface area contributed by atoms with Crippen molar-refractivity contribution in [2.75, 3.05) is 6.61 Å². The third-order valence-electron chi connectivity index (χ3n) is 1.84. The highest BCUT2D eigenvalue weighted by atomic mass is 16.5. The number of aliphatic carboxylic acids is 1. The Hall–Kier alpha value is -0.570. The molecule has 0 bridgehead atoms. The molecule has 0 saturated heterocycles. The molecule has 0 aliphatic rings. The molecule has 0 aromatic rings. The summed E-state index contributed by atoms with van der Waals surface area (Å²) < 4.78 is 5.26. The van der Waals surface area contributed by atoms with E-state index in [0.717, 1.165) is 12.8 Å². The molecule has 3 nitrogen and oxygen atoms in total. The van der Waals surface area contributed by atoms with E-state index in [1.54, 1.807) is 0 Å². The van der Waals surface area contributed by atoms with Crippen LogP contribution in [-0.4, -0.2) is 23.8 Å². The van der Waals surface area contributed by atoms with Gasteiger partial charge < -0.3 is 9.84 Å². The number of ether oxygens (including phenoxy) is 1. The molecule has 0 rings (SSSR count). The number of hydrogen-bond donors (Lipinski definition) is 1. The molecule has 78 valence electrons. The van der Waals surface area contributed by atoms with Gasteiger partial charge in [0.05, 0.1) is 0 Å². The van der Waals surface area contributed by atoms with Crippen molar-refractivity contribution in [3.05, 3.63) is 0 Å². The standard InChI is InChI=1S/C10H20O3/c1-4-5-9(10(11)12)13-7-6-8(2)3/h8-9H,4-7H2,1-3H3,(H,11,12). The highest BCUT2D eigenvalue weighted by Crippen LogP contribution is 2.06. The van der Waals surface area contributed by atoms with Crippen molar-refractivity contribution < 1.29 is 14.6 Å². The zero-order valence-corrected chi connectivity index (χ0v) is 8.75. The smallest absolute Gasteiger partial charge is 0.332 e. The lowest BCUT2D eigenvalue weighted by atomic mass is 10.1. The molecule has 1 N–H and O–H groups in total. The summed E-state index contributed by atoms with van der Waals surface area (Å²) in [5.74, 6) is -0.276. The molecular weight excluding hydrogens is 168 g/mol. The van der Waals surface area contributed by atoms with Crippen LogP contribution in [0.25, 0.3) is 0 Å². The number of carboxylic acids is 1. The minimum Gasteiger partial charge on any atom is -0.479 e. The van der Waals surface area contributed by atoms with Crippen LogP contribution in [-0.2, 0) is 9.53 Å². The maximum absolute atomic E-state index is 10.6. The summed E-state index contributed by atoms with van der Waals surface area (Å²) in [6.45, 7) is 6.70. The Morgan fingerprint density at radius 3 is 2.38 bits per heavy atom. The van der Waals surface area contributed by atoms with Gasteiger partial charge in [0.1, 0.15) is 0 Å². The maximum Gasteiger partial charge on any atom is 0.332 e. The number of rotatable bonds is 7. The Balaban J connectivity index is 3.63. The fraction of sp³-hybridized carbons (Fsp3) is 0.900. The molecule has 3 heteroatoms. The van der Waals surface area contributed by atoms with Crippen LogP contribution < -0.4 is 0 Å². The number of hydrogen-bond acceptors (Lipinski definition) is 2. The second kappa shape index (κ2) is 6.89. The van der Waals surface area contributed by atoms with Crippen LogP contribution in [0.15, 0.2) is 0 Å². The first-order chi connectivity index (χ1) is 6.07. The Kier molecular flexibility index (Phi) is 6.59. The van der Waals surface area contributed by atoms with Crippen LogP contribution in [0.3, 0.4) is 0 Å². The van der Waals surface area contributed by atoms with Crippen molar-refractivity contribution in [1.29, 1.82) is 0 Å². The fourth-order valence-electron chi connectivity index (χ4n) is 0.986. The first-order valence-electron chi connectivity index (χ1n) is 4.92. The molecule has 0 spiro atoms. The molecule has 13 heavy (non-hydrogen) atoms. The SMILES string of the molecule is CCCC(OCCC(C)C)C(=O)O. The molecule has 0 saturated carbocycles. The minimum atomic E-state index is -0.842. The molecule has 0 heterocycles. The second-order valence-corrected chi connectivity index (χ2v) is 3.67. The maximum atomic E-state index is 10.6. The lowest BCUT2D eigenvalue weighted by Gasteiger charge is -2.13. The van der Waals surface area contributed by atoms with E-state index in [9.17, 15) is 4.79 Å². The zero-order valence-electron chi connectivity index (χ0n) is 8.75. The van der Waals surface area contributed by atoms with Gasteiger partial charge in [-0.1, -0.05) is 27.2 Å². The van der Waals surface area contributed by atoms with Gasteiger partial charge in [-0.2, -0.15) is 0 Å². The van der Waals surface area contributed by atoms with E-state index < -0.39 is 12.1 Å². The van der Waals surface area contributed by atoms with Gasteiger partial charge in [0, 0.05) is 6.61 Å². The van der Waals surface area contributed by atoms with E-state index in [1.165, 1.54) is 0 Å². The Morgan fingerprint density at radius 1 is 1.38 bits per heavy atom. The van der Waals surface area contributed by atoms with Crippen LogP contribution >= 0.6 is 0 Å². The highest BCUT2D eigenvalue weighted by molar-refractivity contribution is 5.72. The van der Waals surface area contributed by atoms with Crippen LogP contribution in [0.1, 0.15) is 40.0 Å². The number of carbonyl (C=O) groups is 1. The molecule has 1 unspecified atom stereocenters. The van der Waals surface area contributed by atoms with E-state index in [1.807, 2.05) is 6.92 Å². The molecule has 0 aromatic carbocycles. The summed E-state index contributed by atoms with van der Waals surface area (Å²) in [4.78, 5) is 10.6. The lowest BCUT2D eigenvalue weighted by molar-refractivity contribution is -0.151. The first-order valence-corrected chi connectivity index (χ1v) is 4.92. The largest absolute Gasteiger partial charge is 0.479 e. The van der Waals surface area contributed by atoms with Crippen molar-refractivity contribution in [3.8, 4) is 0 Å². The third kappa shape index (κ3) is 6.58.